The average molecular weight is 512 g/mol. The molecule has 2 N–H and O–H groups in total. The number of carbonyl (C=O) groups excluding carboxylic acids is 1. The molecule has 9 heteroatoms. The molecule has 0 aliphatic carbocycles. The molecule has 0 radical (unpaired) electrons. The number of nitrogens with one attached hydrogen (secondary N) is 1. The van der Waals surface area contributed by atoms with Crippen molar-refractivity contribution in [3.8, 4) is 28.7 Å². The van der Waals surface area contributed by atoms with E-state index < -0.39 is 11.9 Å². The molecule has 0 aromatic heterocycles. The van der Waals surface area contributed by atoms with Gasteiger partial charge in [0.15, 0.2) is 0 Å². The van der Waals surface area contributed by atoms with E-state index in [-0.39, 0.29) is 10.9 Å². The molecule has 0 saturated heterocycles. The molecule has 1 aliphatic heterocycles. The summed E-state index contributed by atoms with van der Waals surface area (Å²) < 4.78 is 22.1. The zero-order valence-corrected chi connectivity index (χ0v) is 20.6. The fraction of sp³-hybridized carbons (Fsp3) is 0.259. The number of ether oxygens (including phenoxy) is 4. The summed E-state index contributed by atoms with van der Waals surface area (Å²) in [5, 5.41) is 12.6. The van der Waals surface area contributed by atoms with E-state index in [1.807, 2.05) is 12.1 Å². The van der Waals surface area contributed by atoms with Crippen molar-refractivity contribution in [2.24, 2.45) is 0 Å². The lowest BCUT2D eigenvalue weighted by Gasteiger charge is -2.24. The predicted molar refractivity (Wildman–Crippen MR) is 134 cm³/mol. The van der Waals surface area contributed by atoms with Gasteiger partial charge in [-0.1, -0.05) is 17.7 Å². The lowest BCUT2D eigenvalue weighted by atomic mass is 9.93. The SMILES string of the molecule is COc1ccc(CCNC(=O)c2ccc(Oc3cc4c(cc3Cl)[C@H](C(=O)O)CCO4)cc2)c(OC)c1. The van der Waals surface area contributed by atoms with Crippen LogP contribution in [-0.4, -0.2) is 44.4 Å². The number of carboxylic acid groups (broad SMARTS) is 1. The molecule has 3 aromatic carbocycles. The first-order valence-electron chi connectivity index (χ1n) is 11.4. The van der Waals surface area contributed by atoms with E-state index >= 15 is 0 Å². The second kappa shape index (κ2) is 11.2. The van der Waals surface area contributed by atoms with Crippen molar-refractivity contribution in [2.45, 2.75) is 18.8 Å². The summed E-state index contributed by atoms with van der Waals surface area (Å²) >= 11 is 6.36. The number of methoxy groups -OCH3 is 2. The molecule has 4 rings (SSSR count). The highest BCUT2D eigenvalue weighted by molar-refractivity contribution is 6.32. The molecule has 0 fully saturated rings. The summed E-state index contributed by atoms with van der Waals surface area (Å²) in [5.41, 5.74) is 1.97. The summed E-state index contributed by atoms with van der Waals surface area (Å²) in [4.78, 5) is 24.1. The van der Waals surface area contributed by atoms with E-state index in [0.717, 1.165) is 5.56 Å². The van der Waals surface area contributed by atoms with Crippen LogP contribution in [0.3, 0.4) is 0 Å². The first kappa shape index (κ1) is 25.2. The molecule has 8 nitrogen and oxygen atoms in total. The van der Waals surface area contributed by atoms with Gasteiger partial charge in [-0.25, -0.2) is 0 Å². The standard InChI is InChI=1S/C27H26ClNO7/c1-33-19-8-3-16(23(13-19)34-2)9-11-29-26(30)17-4-6-18(7-5-17)36-25-15-24-21(14-22(25)28)20(27(31)32)10-12-35-24/h3-8,13-15,20H,9-12H2,1-2H3,(H,29,30)(H,31,32)/t20-/m1/s1. The topological polar surface area (TPSA) is 103 Å². The number of benzene rings is 3. The Morgan fingerprint density at radius 2 is 1.78 bits per heavy atom. The summed E-state index contributed by atoms with van der Waals surface area (Å²) in [7, 11) is 3.19. The van der Waals surface area contributed by atoms with Gasteiger partial charge in [-0.05, 0) is 54.8 Å². The summed E-state index contributed by atoms with van der Waals surface area (Å²) in [6.45, 7) is 0.738. The number of aliphatic carboxylic acids is 1. The second-order valence-electron chi connectivity index (χ2n) is 8.16. The Hall–Kier alpha value is -3.91. The van der Waals surface area contributed by atoms with Gasteiger partial charge in [-0.2, -0.15) is 0 Å². The monoisotopic (exact) mass is 511 g/mol. The third kappa shape index (κ3) is 5.66. The molecule has 0 saturated carbocycles. The Labute approximate surface area is 213 Å². The van der Waals surface area contributed by atoms with Crippen LogP contribution in [0.15, 0.2) is 54.6 Å². The number of hydrogen-bond acceptors (Lipinski definition) is 6. The van der Waals surface area contributed by atoms with Gasteiger partial charge in [0.1, 0.15) is 28.7 Å². The molecular formula is C27H26ClNO7. The quantitative estimate of drug-likeness (QED) is 0.413. The molecule has 1 atom stereocenters. The first-order valence-corrected chi connectivity index (χ1v) is 11.7. The number of amides is 1. The lowest BCUT2D eigenvalue weighted by Crippen LogP contribution is -2.25. The lowest BCUT2D eigenvalue weighted by molar-refractivity contribution is -0.139. The van der Waals surface area contributed by atoms with Crippen LogP contribution in [-0.2, 0) is 11.2 Å². The van der Waals surface area contributed by atoms with E-state index in [1.54, 1.807) is 56.7 Å². The van der Waals surface area contributed by atoms with Crippen LogP contribution in [0.4, 0.5) is 0 Å². The van der Waals surface area contributed by atoms with Crippen molar-refractivity contribution < 1.29 is 33.6 Å². The third-order valence-corrected chi connectivity index (χ3v) is 6.22. The average Bonchev–Trinajstić information content (AvgIpc) is 2.89. The highest BCUT2D eigenvalue weighted by Gasteiger charge is 2.29. The van der Waals surface area contributed by atoms with Crippen molar-refractivity contribution in [2.75, 3.05) is 27.4 Å². The largest absolute Gasteiger partial charge is 0.497 e. The maximum Gasteiger partial charge on any atom is 0.311 e. The number of hydrogen-bond donors (Lipinski definition) is 2. The van der Waals surface area contributed by atoms with Gasteiger partial charge in [0, 0.05) is 29.8 Å². The van der Waals surface area contributed by atoms with Crippen LogP contribution in [0.2, 0.25) is 5.02 Å². The van der Waals surface area contributed by atoms with Gasteiger partial charge in [-0.3, -0.25) is 9.59 Å². The Balaban J connectivity index is 1.37. The van der Waals surface area contributed by atoms with Gasteiger partial charge < -0.3 is 29.4 Å². The minimum atomic E-state index is -0.915. The normalized spacial score (nSPS) is 14.2. The maximum absolute atomic E-state index is 12.6. The van der Waals surface area contributed by atoms with Gasteiger partial charge in [0.2, 0.25) is 0 Å². The fourth-order valence-corrected chi connectivity index (χ4v) is 4.21. The van der Waals surface area contributed by atoms with E-state index in [0.29, 0.717) is 65.9 Å². The Kier molecular flexibility index (Phi) is 7.85. The van der Waals surface area contributed by atoms with Gasteiger partial charge in [0.25, 0.3) is 5.91 Å². The van der Waals surface area contributed by atoms with Crippen molar-refractivity contribution in [3.63, 3.8) is 0 Å². The maximum atomic E-state index is 12.6. The zero-order valence-electron chi connectivity index (χ0n) is 19.9. The third-order valence-electron chi connectivity index (χ3n) is 5.92. The van der Waals surface area contributed by atoms with Gasteiger partial charge in [-0.15, -0.1) is 0 Å². The van der Waals surface area contributed by atoms with Crippen LogP contribution < -0.4 is 24.3 Å². The van der Waals surface area contributed by atoms with E-state index in [9.17, 15) is 14.7 Å². The smallest absolute Gasteiger partial charge is 0.311 e. The zero-order chi connectivity index (χ0) is 25.7. The van der Waals surface area contributed by atoms with Gasteiger partial charge >= 0.3 is 5.97 Å². The minimum absolute atomic E-state index is 0.214. The molecule has 36 heavy (non-hydrogen) atoms. The van der Waals surface area contributed by atoms with Crippen LogP contribution in [0.25, 0.3) is 0 Å². The van der Waals surface area contributed by atoms with Crippen LogP contribution in [0, 0.1) is 0 Å². The van der Waals surface area contributed by atoms with Crippen molar-refractivity contribution in [1.29, 1.82) is 0 Å². The molecule has 1 aliphatic rings. The Bertz CT molecular complexity index is 1260. The van der Waals surface area contributed by atoms with E-state index in [2.05, 4.69) is 5.32 Å². The van der Waals surface area contributed by atoms with Crippen LogP contribution in [0.1, 0.15) is 33.8 Å². The molecular weight excluding hydrogens is 486 g/mol. The fourth-order valence-electron chi connectivity index (χ4n) is 4.00. The van der Waals surface area contributed by atoms with E-state index in [4.69, 9.17) is 30.5 Å². The second-order valence-corrected chi connectivity index (χ2v) is 8.57. The number of rotatable bonds is 9. The van der Waals surface area contributed by atoms with Crippen molar-refractivity contribution in [3.05, 3.63) is 76.3 Å². The Morgan fingerprint density at radius 1 is 1.03 bits per heavy atom. The molecule has 1 amide bonds. The highest BCUT2D eigenvalue weighted by atomic mass is 35.5. The van der Waals surface area contributed by atoms with Crippen molar-refractivity contribution >= 4 is 23.5 Å². The predicted octanol–water partition coefficient (Wildman–Crippen LogP) is 5.07. The number of halogens is 1. The molecule has 0 spiro atoms. The first-order chi connectivity index (χ1) is 17.4. The van der Waals surface area contributed by atoms with Crippen LogP contribution in [0.5, 0.6) is 28.7 Å². The van der Waals surface area contributed by atoms with Crippen LogP contribution >= 0.6 is 11.6 Å². The molecule has 188 valence electrons. The minimum Gasteiger partial charge on any atom is -0.497 e. The number of fused-ring (bicyclic) bond motifs is 1. The van der Waals surface area contributed by atoms with E-state index in [1.165, 1.54) is 0 Å². The molecule has 0 bridgehead atoms. The van der Waals surface area contributed by atoms with Crippen molar-refractivity contribution in [1.82, 2.24) is 5.32 Å². The summed E-state index contributed by atoms with van der Waals surface area (Å²) in [6.07, 6.45) is 0.984. The number of carboxylic acids is 1. The molecule has 0 unspecified atom stereocenters. The summed E-state index contributed by atoms with van der Waals surface area (Å²) in [6, 6.07) is 15.4. The summed E-state index contributed by atoms with van der Waals surface area (Å²) in [5.74, 6) is 0.871. The highest BCUT2D eigenvalue weighted by Crippen LogP contribution is 2.41. The molecule has 1 heterocycles. The Morgan fingerprint density at radius 3 is 2.47 bits per heavy atom. The molecule has 3 aromatic rings. The number of carbonyl (C=O) groups is 2. The van der Waals surface area contributed by atoms with Gasteiger partial charge in [0.05, 0.1) is 31.8 Å².